The third-order valence-corrected chi connectivity index (χ3v) is 4.88. The van der Waals surface area contributed by atoms with Crippen molar-refractivity contribution in [3.8, 4) is 24.0 Å². The van der Waals surface area contributed by atoms with Gasteiger partial charge in [0.1, 0.15) is 6.17 Å². The van der Waals surface area contributed by atoms with Gasteiger partial charge in [0.15, 0.2) is 0 Å². The summed E-state index contributed by atoms with van der Waals surface area (Å²) in [5.41, 5.74) is 15.3. The number of nitrogens with zero attached hydrogens (tertiary/aromatic N) is 2. The van der Waals surface area contributed by atoms with Gasteiger partial charge in [0.2, 0.25) is 0 Å². The molecule has 0 radical (unpaired) electrons. The molecule has 2 atom stereocenters. The number of anilines is 2. The molecule has 30 heavy (non-hydrogen) atoms. The molecule has 3 aromatic rings. The maximum atomic E-state index is 14.1. The highest BCUT2D eigenvalue weighted by Crippen LogP contribution is 2.32. The number of nitrogen functional groups attached to an aromatic ring is 1. The zero-order chi connectivity index (χ0) is 22.3. The van der Waals surface area contributed by atoms with Crippen molar-refractivity contribution in [2.24, 2.45) is 5.73 Å². The van der Waals surface area contributed by atoms with Crippen LogP contribution in [0.3, 0.4) is 0 Å². The Morgan fingerprint density at radius 2 is 1.97 bits per heavy atom. The van der Waals surface area contributed by atoms with Crippen LogP contribution in [0.25, 0.3) is 16.6 Å². The van der Waals surface area contributed by atoms with Gasteiger partial charge in [0.05, 0.1) is 29.0 Å². The Morgan fingerprint density at radius 3 is 2.57 bits per heavy atom. The number of primary amides is 1. The van der Waals surface area contributed by atoms with Crippen LogP contribution in [0.4, 0.5) is 15.8 Å². The highest BCUT2D eigenvalue weighted by Gasteiger charge is 2.28. The summed E-state index contributed by atoms with van der Waals surface area (Å²) in [5.74, 6) is -0.595. The second kappa shape index (κ2) is 10.3. The van der Waals surface area contributed by atoms with Gasteiger partial charge in [-0.2, -0.15) is 5.10 Å². The number of hydrogen-bond donors (Lipinski definition) is 3. The number of rotatable bonds is 4. The highest BCUT2D eigenvalue weighted by molar-refractivity contribution is 6.02. The van der Waals surface area contributed by atoms with E-state index in [4.69, 9.17) is 11.5 Å². The summed E-state index contributed by atoms with van der Waals surface area (Å²) in [5, 5.41) is 7.47. The Kier molecular flexibility index (Phi) is 7.82. The van der Waals surface area contributed by atoms with Gasteiger partial charge in [-0.05, 0) is 43.0 Å². The van der Waals surface area contributed by atoms with Crippen molar-refractivity contribution in [2.75, 3.05) is 11.1 Å². The molecule has 2 aromatic heterocycles. The number of hydrogen-bond acceptors (Lipinski definition) is 4. The van der Waals surface area contributed by atoms with E-state index in [1.54, 1.807) is 4.52 Å². The van der Waals surface area contributed by atoms with E-state index in [1.807, 2.05) is 50.4 Å². The number of nitrogens with two attached hydrogens (primary N) is 2. The van der Waals surface area contributed by atoms with Gasteiger partial charge in [-0.3, -0.25) is 4.79 Å². The number of terminal acetylenes is 1. The molecule has 1 aliphatic rings. The highest BCUT2D eigenvalue weighted by atomic mass is 19.1. The molecule has 1 aromatic carbocycles. The van der Waals surface area contributed by atoms with Crippen molar-refractivity contribution in [3.05, 3.63) is 48.3 Å². The molecule has 7 heteroatoms. The smallest absolute Gasteiger partial charge is 0.252 e. The number of aromatic nitrogens is 2. The van der Waals surface area contributed by atoms with Gasteiger partial charge < -0.3 is 16.8 Å². The van der Waals surface area contributed by atoms with E-state index in [-0.39, 0.29) is 11.6 Å². The molecule has 0 bridgehead atoms. The van der Waals surface area contributed by atoms with E-state index in [0.29, 0.717) is 23.3 Å². The summed E-state index contributed by atoms with van der Waals surface area (Å²) in [7, 11) is 0. The molecule has 6 nitrogen and oxygen atoms in total. The van der Waals surface area contributed by atoms with Crippen molar-refractivity contribution in [1.82, 2.24) is 9.61 Å². The number of carbonyl (C=O) groups excluding carboxylic acids is 1. The van der Waals surface area contributed by atoms with Crippen LogP contribution in [0.2, 0.25) is 0 Å². The lowest BCUT2D eigenvalue weighted by atomic mass is 10.1. The van der Waals surface area contributed by atoms with Crippen molar-refractivity contribution < 1.29 is 9.18 Å². The Morgan fingerprint density at radius 1 is 1.23 bits per heavy atom. The van der Waals surface area contributed by atoms with E-state index in [1.165, 1.54) is 6.20 Å². The first kappa shape index (κ1) is 22.8. The summed E-state index contributed by atoms with van der Waals surface area (Å²) in [4.78, 5) is 11.9. The van der Waals surface area contributed by atoms with Crippen LogP contribution >= 0.6 is 0 Å². The number of alkyl halides is 1. The maximum Gasteiger partial charge on any atom is 0.252 e. The number of carbonyl (C=O) groups is 1. The normalized spacial score (nSPS) is 17.4. The monoisotopic (exact) mass is 409 g/mol. The molecule has 5 N–H and O–H groups in total. The van der Waals surface area contributed by atoms with Crippen molar-refractivity contribution in [2.45, 2.75) is 45.3 Å². The largest absolute Gasteiger partial charge is 0.399 e. The number of benzene rings is 1. The number of fused-ring (bicyclic) bond motifs is 1. The second-order valence-corrected chi connectivity index (χ2v) is 6.68. The van der Waals surface area contributed by atoms with E-state index >= 15 is 0 Å². The Balaban J connectivity index is 0.000000757. The SMILES string of the molecule is C#C.CC.NC(=O)c1cnn2cc(-c3cccc(N)c3)cc2c1N[C@@H]1CCC[C@@H]1F. The zero-order valence-electron chi connectivity index (χ0n) is 17.3. The third kappa shape index (κ3) is 4.71. The van der Waals surface area contributed by atoms with Crippen LogP contribution in [-0.4, -0.2) is 27.7 Å². The quantitative estimate of drug-likeness (QED) is 0.443. The summed E-state index contributed by atoms with van der Waals surface area (Å²) in [6.45, 7) is 4.00. The second-order valence-electron chi connectivity index (χ2n) is 6.68. The molecule has 1 amide bonds. The predicted molar refractivity (Wildman–Crippen MR) is 121 cm³/mol. The molecular weight excluding hydrogens is 381 g/mol. The van der Waals surface area contributed by atoms with Crippen molar-refractivity contribution in [3.63, 3.8) is 0 Å². The molecule has 2 heterocycles. The van der Waals surface area contributed by atoms with Crippen LogP contribution in [0.5, 0.6) is 0 Å². The van der Waals surface area contributed by atoms with Crippen LogP contribution in [0, 0.1) is 12.8 Å². The molecule has 0 saturated heterocycles. The Labute approximate surface area is 176 Å². The molecule has 0 spiro atoms. The first-order chi connectivity index (χ1) is 14.5. The first-order valence-corrected chi connectivity index (χ1v) is 9.94. The van der Waals surface area contributed by atoms with Gasteiger partial charge in [0, 0.05) is 17.4 Å². The topological polar surface area (TPSA) is 98.4 Å². The molecule has 0 unspecified atom stereocenters. The maximum absolute atomic E-state index is 14.1. The molecular formula is C23H28FN5O. The minimum atomic E-state index is -0.938. The lowest BCUT2D eigenvalue weighted by molar-refractivity contribution is 0.100. The van der Waals surface area contributed by atoms with E-state index < -0.39 is 12.1 Å². The summed E-state index contributed by atoms with van der Waals surface area (Å²) < 4.78 is 15.8. The third-order valence-electron chi connectivity index (χ3n) is 4.88. The predicted octanol–water partition coefficient (Wildman–Crippen LogP) is 4.26. The summed E-state index contributed by atoms with van der Waals surface area (Å²) in [6, 6.07) is 9.08. The van der Waals surface area contributed by atoms with Crippen molar-refractivity contribution >= 4 is 22.8 Å². The lowest BCUT2D eigenvalue weighted by Gasteiger charge is -2.19. The van der Waals surface area contributed by atoms with Crippen LogP contribution in [0.1, 0.15) is 43.5 Å². The number of halogens is 1. The fourth-order valence-electron chi connectivity index (χ4n) is 3.53. The fourth-order valence-corrected chi connectivity index (χ4v) is 3.53. The van der Waals surface area contributed by atoms with Crippen molar-refractivity contribution in [1.29, 1.82) is 0 Å². The standard InChI is InChI=1S/C19H20FN5O.C2H6.C2H2/c20-15-5-2-6-16(15)24-18-14(19(22)26)9-23-25-10-12(8-17(18)25)11-3-1-4-13(21)7-11;2*1-2/h1,3-4,7-10,15-16,24H,2,5-6,21H2,(H2,22,26);1-2H3;1-2H/t15-,16+;;/m0../s1. The number of nitrogens with one attached hydrogen (secondary N) is 1. The van der Waals surface area contributed by atoms with Crippen LogP contribution in [-0.2, 0) is 0 Å². The van der Waals surface area contributed by atoms with Gasteiger partial charge >= 0.3 is 0 Å². The van der Waals surface area contributed by atoms with Gasteiger partial charge in [-0.15, -0.1) is 12.8 Å². The minimum Gasteiger partial charge on any atom is -0.399 e. The molecule has 4 rings (SSSR count). The minimum absolute atomic E-state index is 0.258. The molecule has 1 fully saturated rings. The molecule has 158 valence electrons. The van der Waals surface area contributed by atoms with Crippen LogP contribution in [0.15, 0.2) is 42.7 Å². The van der Waals surface area contributed by atoms with E-state index in [9.17, 15) is 9.18 Å². The first-order valence-electron chi connectivity index (χ1n) is 9.94. The van der Waals surface area contributed by atoms with E-state index in [2.05, 4.69) is 23.3 Å². The fraction of sp³-hybridized carbons (Fsp3) is 0.304. The van der Waals surface area contributed by atoms with Gasteiger partial charge in [0.25, 0.3) is 5.91 Å². The van der Waals surface area contributed by atoms with E-state index in [0.717, 1.165) is 24.0 Å². The Bertz CT molecular complexity index is 1030. The Hall–Kier alpha value is -3.53. The molecule has 0 aliphatic heterocycles. The lowest BCUT2D eigenvalue weighted by Crippen LogP contribution is -2.27. The molecule has 1 aliphatic carbocycles. The summed E-state index contributed by atoms with van der Waals surface area (Å²) >= 11 is 0. The van der Waals surface area contributed by atoms with Gasteiger partial charge in [-0.1, -0.05) is 26.0 Å². The van der Waals surface area contributed by atoms with Crippen LogP contribution < -0.4 is 16.8 Å². The molecule has 1 saturated carbocycles. The average molecular weight is 410 g/mol. The summed E-state index contributed by atoms with van der Waals surface area (Å²) in [6.07, 6.45) is 12.4. The zero-order valence-corrected chi connectivity index (χ0v) is 17.3. The number of amides is 1. The average Bonchev–Trinajstić information content (AvgIpc) is 3.37. The van der Waals surface area contributed by atoms with Gasteiger partial charge in [-0.25, -0.2) is 8.91 Å².